The van der Waals surface area contributed by atoms with E-state index in [1.807, 2.05) is 13.0 Å². The minimum atomic E-state index is 0.00336. The summed E-state index contributed by atoms with van der Waals surface area (Å²) in [5, 5.41) is 18.2. The first kappa shape index (κ1) is 10.6. The number of aryl methyl sites for hydroxylation is 1. The highest BCUT2D eigenvalue weighted by molar-refractivity contribution is 5.49. The molecule has 0 spiro atoms. The molecule has 0 unspecified atom stereocenters. The molecule has 14 heavy (non-hydrogen) atoms. The van der Waals surface area contributed by atoms with E-state index in [1.54, 1.807) is 12.1 Å². The Balaban J connectivity index is 3.41. The number of nitrogens with zero attached hydrogens (tertiary/aromatic N) is 1. The van der Waals surface area contributed by atoms with Gasteiger partial charge in [0.2, 0.25) is 0 Å². The highest BCUT2D eigenvalue weighted by Gasteiger charge is 2.18. The van der Waals surface area contributed by atoms with Crippen LogP contribution in [0.5, 0.6) is 5.75 Å². The van der Waals surface area contributed by atoms with Gasteiger partial charge in [-0.2, -0.15) is 5.26 Å². The number of hydrogen-bond acceptors (Lipinski definition) is 2. The maximum absolute atomic E-state index is 9.46. The largest absolute Gasteiger partial charge is 0.507 e. The summed E-state index contributed by atoms with van der Waals surface area (Å²) in [6.07, 6.45) is 0. The molecule has 0 aliphatic heterocycles. The third kappa shape index (κ3) is 1.88. The fraction of sp³-hybridized carbons (Fsp3) is 0.417. The van der Waals surface area contributed by atoms with E-state index in [-0.39, 0.29) is 11.2 Å². The minimum Gasteiger partial charge on any atom is -0.507 e. The molecule has 74 valence electrons. The minimum absolute atomic E-state index is 0.00336. The van der Waals surface area contributed by atoms with Gasteiger partial charge in [-0.05, 0) is 35.6 Å². The SMILES string of the molecule is Cc1cc(O)c(C#N)cc1C(C)(C)C. The van der Waals surface area contributed by atoms with Gasteiger partial charge in [-0.3, -0.25) is 0 Å². The van der Waals surface area contributed by atoms with Gasteiger partial charge in [-0.25, -0.2) is 0 Å². The van der Waals surface area contributed by atoms with E-state index in [0.29, 0.717) is 5.56 Å². The predicted molar refractivity (Wildman–Crippen MR) is 56.3 cm³/mol. The molecule has 2 heteroatoms. The molecule has 0 amide bonds. The second kappa shape index (κ2) is 3.34. The predicted octanol–water partition coefficient (Wildman–Crippen LogP) is 2.87. The summed E-state index contributed by atoms with van der Waals surface area (Å²) in [5.41, 5.74) is 2.48. The number of phenolic OH excluding ortho intramolecular Hbond substituents is 1. The molecule has 0 aromatic heterocycles. The second-order valence-corrected chi connectivity index (χ2v) is 4.55. The zero-order valence-electron chi connectivity index (χ0n) is 9.05. The maximum Gasteiger partial charge on any atom is 0.133 e. The van der Waals surface area contributed by atoms with Crippen LogP contribution in [0.25, 0.3) is 0 Å². The Labute approximate surface area is 84.8 Å². The van der Waals surface area contributed by atoms with Gasteiger partial charge in [-0.15, -0.1) is 0 Å². The Morgan fingerprint density at radius 3 is 2.29 bits per heavy atom. The van der Waals surface area contributed by atoms with Gasteiger partial charge in [0.25, 0.3) is 0 Å². The van der Waals surface area contributed by atoms with Crippen LogP contribution in [-0.4, -0.2) is 5.11 Å². The molecule has 2 nitrogen and oxygen atoms in total. The van der Waals surface area contributed by atoms with Gasteiger partial charge >= 0.3 is 0 Å². The Morgan fingerprint density at radius 2 is 1.86 bits per heavy atom. The van der Waals surface area contributed by atoms with Gasteiger partial charge in [0.05, 0.1) is 5.56 Å². The van der Waals surface area contributed by atoms with Gasteiger partial charge in [0.15, 0.2) is 0 Å². The maximum atomic E-state index is 9.46. The van der Waals surface area contributed by atoms with Gasteiger partial charge in [-0.1, -0.05) is 20.8 Å². The number of aromatic hydroxyl groups is 1. The van der Waals surface area contributed by atoms with Crippen LogP contribution in [0.4, 0.5) is 0 Å². The molecule has 0 fully saturated rings. The molecule has 1 aromatic carbocycles. The average molecular weight is 189 g/mol. The zero-order valence-corrected chi connectivity index (χ0v) is 9.05. The number of hydrogen-bond donors (Lipinski definition) is 1. The van der Waals surface area contributed by atoms with E-state index < -0.39 is 0 Å². The van der Waals surface area contributed by atoms with Crippen LogP contribution in [0.1, 0.15) is 37.5 Å². The molecule has 0 radical (unpaired) electrons. The van der Waals surface area contributed by atoms with E-state index in [9.17, 15) is 5.11 Å². The van der Waals surface area contributed by atoms with Crippen LogP contribution in [0.15, 0.2) is 12.1 Å². The molecular formula is C12H15NO. The Kier molecular flexibility index (Phi) is 2.53. The molecule has 1 N–H and O–H groups in total. The van der Waals surface area contributed by atoms with Crippen LogP contribution >= 0.6 is 0 Å². The smallest absolute Gasteiger partial charge is 0.133 e. The Bertz CT molecular complexity index is 394. The lowest BCUT2D eigenvalue weighted by Gasteiger charge is -2.22. The fourth-order valence-electron chi connectivity index (χ4n) is 1.59. The fourth-order valence-corrected chi connectivity index (χ4v) is 1.59. The van der Waals surface area contributed by atoms with Crippen molar-refractivity contribution in [2.75, 3.05) is 0 Å². The summed E-state index contributed by atoms with van der Waals surface area (Å²) in [7, 11) is 0. The van der Waals surface area contributed by atoms with E-state index in [2.05, 4.69) is 20.8 Å². The highest BCUT2D eigenvalue weighted by atomic mass is 16.3. The Hall–Kier alpha value is -1.49. The van der Waals surface area contributed by atoms with Crippen molar-refractivity contribution in [3.63, 3.8) is 0 Å². The van der Waals surface area contributed by atoms with Crippen LogP contribution in [0.2, 0.25) is 0 Å². The number of phenols is 1. The number of benzene rings is 1. The molecule has 0 atom stereocenters. The topological polar surface area (TPSA) is 44.0 Å². The van der Waals surface area contributed by atoms with Crippen molar-refractivity contribution >= 4 is 0 Å². The van der Waals surface area contributed by atoms with Gasteiger partial charge in [0.1, 0.15) is 11.8 Å². The zero-order chi connectivity index (χ0) is 10.9. The van der Waals surface area contributed by atoms with Crippen molar-refractivity contribution in [3.05, 3.63) is 28.8 Å². The molecule has 1 aromatic rings. The number of nitriles is 1. The lowest BCUT2D eigenvalue weighted by atomic mass is 9.83. The summed E-state index contributed by atoms with van der Waals surface area (Å²) in [6, 6.07) is 5.41. The molecule has 0 saturated heterocycles. The van der Waals surface area contributed by atoms with E-state index >= 15 is 0 Å². The summed E-state index contributed by atoms with van der Waals surface area (Å²) >= 11 is 0. The number of rotatable bonds is 0. The van der Waals surface area contributed by atoms with E-state index in [4.69, 9.17) is 5.26 Å². The lowest BCUT2D eigenvalue weighted by Crippen LogP contribution is -2.13. The van der Waals surface area contributed by atoms with Crippen LogP contribution < -0.4 is 0 Å². The first-order chi connectivity index (χ1) is 6.36. The first-order valence-corrected chi connectivity index (χ1v) is 4.60. The average Bonchev–Trinajstić information content (AvgIpc) is 2.02. The molecule has 0 aliphatic carbocycles. The van der Waals surface area contributed by atoms with E-state index in [0.717, 1.165) is 11.1 Å². The van der Waals surface area contributed by atoms with Crippen LogP contribution in [-0.2, 0) is 5.41 Å². The summed E-state index contributed by atoms with van der Waals surface area (Å²) in [5.74, 6) is 0.0676. The molecule has 1 rings (SSSR count). The summed E-state index contributed by atoms with van der Waals surface area (Å²) in [4.78, 5) is 0. The first-order valence-electron chi connectivity index (χ1n) is 4.60. The third-order valence-electron chi connectivity index (χ3n) is 2.27. The molecule has 0 saturated carbocycles. The molecular weight excluding hydrogens is 174 g/mol. The van der Waals surface area contributed by atoms with Gasteiger partial charge in [0, 0.05) is 0 Å². The van der Waals surface area contributed by atoms with Crippen molar-refractivity contribution in [2.24, 2.45) is 0 Å². The standard InChI is InChI=1S/C12H15NO/c1-8-5-11(14)9(7-13)6-10(8)12(2,3)4/h5-6,14H,1-4H3. The van der Waals surface area contributed by atoms with Crippen molar-refractivity contribution in [1.82, 2.24) is 0 Å². The van der Waals surface area contributed by atoms with Crippen molar-refractivity contribution < 1.29 is 5.11 Å². The lowest BCUT2D eigenvalue weighted by molar-refractivity contribution is 0.471. The van der Waals surface area contributed by atoms with Crippen LogP contribution in [0.3, 0.4) is 0 Å². The summed E-state index contributed by atoms with van der Waals surface area (Å²) < 4.78 is 0. The Morgan fingerprint density at radius 1 is 1.29 bits per heavy atom. The highest BCUT2D eigenvalue weighted by Crippen LogP contribution is 2.30. The van der Waals surface area contributed by atoms with E-state index in [1.165, 1.54) is 0 Å². The van der Waals surface area contributed by atoms with Crippen molar-refractivity contribution in [2.45, 2.75) is 33.1 Å². The van der Waals surface area contributed by atoms with Gasteiger partial charge < -0.3 is 5.11 Å². The third-order valence-corrected chi connectivity index (χ3v) is 2.27. The van der Waals surface area contributed by atoms with Crippen molar-refractivity contribution in [1.29, 1.82) is 5.26 Å². The van der Waals surface area contributed by atoms with Crippen molar-refractivity contribution in [3.8, 4) is 11.8 Å². The van der Waals surface area contributed by atoms with Crippen LogP contribution in [0, 0.1) is 18.3 Å². The monoisotopic (exact) mass is 189 g/mol. The molecule has 0 bridgehead atoms. The normalized spacial score (nSPS) is 11.1. The summed E-state index contributed by atoms with van der Waals surface area (Å²) in [6.45, 7) is 8.22. The second-order valence-electron chi connectivity index (χ2n) is 4.55. The quantitative estimate of drug-likeness (QED) is 0.682. The molecule has 0 heterocycles. The molecule has 0 aliphatic rings.